The van der Waals surface area contributed by atoms with Crippen molar-refractivity contribution in [3.63, 3.8) is 0 Å². The Morgan fingerprint density at radius 3 is 2.88 bits per heavy atom. The Morgan fingerprint density at radius 2 is 2.12 bits per heavy atom. The first kappa shape index (κ1) is 16.8. The lowest BCUT2D eigenvalue weighted by Crippen LogP contribution is -2.56. The van der Waals surface area contributed by atoms with Crippen LogP contribution in [-0.2, 0) is 11.3 Å². The predicted octanol–water partition coefficient (Wildman–Crippen LogP) is 3.07. The molecular weight excluding hydrogens is 335 g/mol. The molecule has 2 amide bonds. The smallest absolute Gasteiger partial charge is 0.289 e. The molecule has 0 aliphatic carbocycles. The summed E-state index contributed by atoms with van der Waals surface area (Å²) in [5, 5.41) is 0. The molecule has 1 aromatic carbocycles. The molecular formula is C20H21FN2O3. The fraction of sp³-hybridized carbons (Fsp3) is 0.400. The Balaban J connectivity index is 1.47. The first-order valence-corrected chi connectivity index (χ1v) is 8.98. The molecule has 2 aromatic rings. The van der Waals surface area contributed by atoms with Gasteiger partial charge in [-0.2, -0.15) is 0 Å². The summed E-state index contributed by atoms with van der Waals surface area (Å²) in [7, 11) is 0. The molecule has 26 heavy (non-hydrogen) atoms. The Morgan fingerprint density at radius 1 is 1.23 bits per heavy atom. The summed E-state index contributed by atoms with van der Waals surface area (Å²) < 4.78 is 18.7. The summed E-state index contributed by atoms with van der Waals surface area (Å²) >= 11 is 0. The molecule has 5 nitrogen and oxygen atoms in total. The SMILES string of the molecule is O=C(c1ccco1)N1CC[C@H]2[C@H](CCC(=O)N2Cc2cccc(F)c2)C1. The molecule has 136 valence electrons. The van der Waals surface area contributed by atoms with Crippen molar-refractivity contribution in [2.75, 3.05) is 13.1 Å². The number of nitrogens with zero attached hydrogens (tertiary/aromatic N) is 2. The number of amides is 2. The second-order valence-electron chi connectivity index (χ2n) is 7.03. The van der Waals surface area contributed by atoms with Crippen LogP contribution in [0.1, 0.15) is 35.4 Å². The largest absolute Gasteiger partial charge is 0.459 e. The zero-order valence-corrected chi connectivity index (χ0v) is 14.4. The van der Waals surface area contributed by atoms with Crippen molar-refractivity contribution < 1.29 is 18.4 Å². The van der Waals surface area contributed by atoms with Crippen LogP contribution in [-0.4, -0.2) is 40.7 Å². The number of furan rings is 1. The van der Waals surface area contributed by atoms with Gasteiger partial charge in [-0.25, -0.2) is 4.39 Å². The predicted molar refractivity (Wildman–Crippen MR) is 92.7 cm³/mol. The fourth-order valence-corrected chi connectivity index (χ4v) is 4.13. The molecule has 0 radical (unpaired) electrons. The van der Waals surface area contributed by atoms with Crippen LogP contribution in [0.15, 0.2) is 47.1 Å². The average Bonchev–Trinajstić information content (AvgIpc) is 3.18. The number of hydrogen-bond donors (Lipinski definition) is 0. The maximum absolute atomic E-state index is 13.5. The van der Waals surface area contributed by atoms with E-state index in [2.05, 4.69) is 0 Å². The van der Waals surface area contributed by atoms with E-state index >= 15 is 0 Å². The quantitative estimate of drug-likeness (QED) is 0.849. The van der Waals surface area contributed by atoms with Gasteiger partial charge in [-0.15, -0.1) is 0 Å². The van der Waals surface area contributed by atoms with E-state index in [-0.39, 0.29) is 29.6 Å². The van der Waals surface area contributed by atoms with Crippen molar-refractivity contribution in [2.45, 2.75) is 31.8 Å². The summed E-state index contributed by atoms with van der Waals surface area (Å²) in [6, 6.07) is 9.88. The van der Waals surface area contributed by atoms with Crippen molar-refractivity contribution in [2.24, 2.45) is 5.92 Å². The summed E-state index contributed by atoms with van der Waals surface area (Å²) in [6.07, 6.45) is 3.49. The molecule has 0 bridgehead atoms. The lowest BCUT2D eigenvalue weighted by atomic mass is 9.83. The Labute approximate surface area is 151 Å². The summed E-state index contributed by atoms with van der Waals surface area (Å²) in [5.41, 5.74) is 0.799. The van der Waals surface area contributed by atoms with E-state index in [9.17, 15) is 14.0 Å². The minimum absolute atomic E-state index is 0.0953. The van der Waals surface area contributed by atoms with Crippen LogP contribution in [0.25, 0.3) is 0 Å². The van der Waals surface area contributed by atoms with Gasteiger partial charge in [-0.3, -0.25) is 9.59 Å². The van der Waals surface area contributed by atoms with Crippen LogP contribution in [0.2, 0.25) is 0 Å². The third kappa shape index (κ3) is 3.23. The van der Waals surface area contributed by atoms with Gasteiger partial charge in [-0.05, 0) is 48.6 Å². The van der Waals surface area contributed by atoms with Gasteiger partial charge >= 0.3 is 0 Å². The molecule has 0 unspecified atom stereocenters. The highest BCUT2D eigenvalue weighted by atomic mass is 19.1. The zero-order chi connectivity index (χ0) is 18.1. The van der Waals surface area contributed by atoms with Gasteiger partial charge in [0.15, 0.2) is 5.76 Å². The minimum Gasteiger partial charge on any atom is -0.459 e. The molecule has 6 heteroatoms. The summed E-state index contributed by atoms with van der Waals surface area (Å²) in [5.74, 6) is 0.326. The molecule has 2 fully saturated rings. The number of rotatable bonds is 3. The normalized spacial score (nSPS) is 23.0. The van der Waals surface area contributed by atoms with Crippen LogP contribution in [0.3, 0.4) is 0 Å². The number of benzene rings is 1. The van der Waals surface area contributed by atoms with Crippen LogP contribution in [0.4, 0.5) is 4.39 Å². The highest BCUT2D eigenvalue weighted by Crippen LogP contribution is 2.33. The Hall–Kier alpha value is -2.63. The molecule has 2 aliphatic heterocycles. The molecule has 2 saturated heterocycles. The van der Waals surface area contributed by atoms with Gasteiger partial charge < -0.3 is 14.2 Å². The number of halogens is 1. The van der Waals surface area contributed by atoms with E-state index in [1.54, 1.807) is 18.2 Å². The van der Waals surface area contributed by atoms with E-state index in [1.807, 2.05) is 15.9 Å². The molecule has 2 atom stereocenters. The highest BCUT2D eigenvalue weighted by molar-refractivity contribution is 5.91. The third-order valence-electron chi connectivity index (χ3n) is 5.40. The van der Waals surface area contributed by atoms with Crippen molar-refractivity contribution >= 4 is 11.8 Å². The van der Waals surface area contributed by atoms with Crippen LogP contribution >= 0.6 is 0 Å². The van der Waals surface area contributed by atoms with Gasteiger partial charge in [-0.1, -0.05) is 12.1 Å². The monoisotopic (exact) mass is 356 g/mol. The third-order valence-corrected chi connectivity index (χ3v) is 5.40. The molecule has 0 spiro atoms. The molecule has 4 rings (SSSR count). The first-order chi connectivity index (χ1) is 12.6. The van der Waals surface area contributed by atoms with Crippen molar-refractivity contribution in [1.29, 1.82) is 0 Å². The number of fused-ring (bicyclic) bond motifs is 1. The lowest BCUT2D eigenvalue weighted by Gasteiger charge is -2.47. The Kier molecular flexibility index (Phi) is 4.49. The number of carbonyl (C=O) groups excluding carboxylic acids is 2. The number of piperidine rings is 2. The van der Waals surface area contributed by atoms with Gasteiger partial charge in [0.2, 0.25) is 5.91 Å². The van der Waals surface area contributed by atoms with E-state index in [0.29, 0.717) is 31.8 Å². The Bertz CT molecular complexity index is 805. The van der Waals surface area contributed by atoms with Crippen LogP contribution in [0.5, 0.6) is 0 Å². The molecule has 3 heterocycles. The van der Waals surface area contributed by atoms with E-state index < -0.39 is 0 Å². The van der Waals surface area contributed by atoms with Gasteiger partial charge in [0.25, 0.3) is 5.91 Å². The standard InChI is InChI=1S/C20H21FN2O3/c21-16-4-1-3-14(11-16)12-23-17-8-9-22(13-15(17)6-7-19(23)24)20(25)18-5-2-10-26-18/h1-5,10-11,15,17H,6-9,12-13H2/t15-,17+/m1/s1. The van der Waals surface area contributed by atoms with Crippen molar-refractivity contribution in [3.8, 4) is 0 Å². The van der Waals surface area contributed by atoms with Crippen LogP contribution in [0, 0.1) is 11.7 Å². The van der Waals surface area contributed by atoms with Crippen molar-refractivity contribution in [1.82, 2.24) is 9.80 Å². The first-order valence-electron chi connectivity index (χ1n) is 8.98. The number of carbonyl (C=O) groups is 2. The lowest BCUT2D eigenvalue weighted by molar-refractivity contribution is -0.141. The average molecular weight is 356 g/mol. The minimum atomic E-state index is -0.289. The zero-order valence-electron chi connectivity index (χ0n) is 14.4. The van der Waals surface area contributed by atoms with Gasteiger partial charge in [0.1, 0.15) is 5.82 Å². The molecule has 1 aromatic heterocycles. The molecule has 2 aliphatic rings. The summed E-state index contributed by atoms with van der Waals surface area (Å²) in [4.78, 5) is 28.7. The number of hydrogen-bond acceptors (Lipinski definition) is 3. The number of likely N-dealkylation sites (tertiary alicyclic amines) is 2. The summed E-state index contributed by atoms with van der Waals surface area (Å²) in [6.45, 7) is 1.63. The van der Waals surface area contributed by atoms with Gasteiger partial charge in [0, 0.05) is 32.1 Å². The maximum Gasteiger partial charge on any atom is 0.289 e. The van der Waals surface area contributed by atoms with E-state index in [0.717, 1.165) is 18.4 Å². The maximum atomic E-state index is 13.5. The fourth-order valence-electron chi connectivity index (χ4n) is 4.13. The van der Waals surface area contributed by atoms with Gasteiger partial charge in [0.05, 0.1) is 6.26 Å². The second-order valence-corrected chi connectivity index (χ2v) is 7.03. The second kappa shape index (κ2) is 6.94. The van der Waals surface area contributed by atoms with E-state index in [1.165, 1.54) is 18.4 Å². The highest BCUT2D eigenvalue weighted by Gasteiger charge is 2.40. The topological polar surface area (TPSA) is 53.8 Å². The molecule has 0 saturated carbocycles. The van der Waals surface area contributed by atoms with Crippen molar-refractivity contribution in [3.05, 3.63) is 59.8 Å². The van der Waals surface area contributed by atoms with E-state index in [4.69, 9.17) is 4.42 Å². The van der Waals surface area contributed by atoms with Crippen LogP contribution < -0.4 is 0 Å². The molecule has 0 N–H and O–H groups in total.